The molecule has 4 atom stereocenters. The van der Waals surface area contributed by atoms with Crippen LogP contribution in [0, 0.1) is 11.8 Å². The van der Waals surface area contributed by atoms with Crippen LogP contribution in [-0.4, -0.2) is 53.4 Å². The summed E-state index contributed by atoms with van der Waals surface area (Å²) < 4.78 is 5.98. The van der Waals surface area contributed by atoms with Crippen molar-refractivity contribution in [3.63, 3.8) is 0 Å². The van der Waals surface area contributed by atoms with Crippen LogP contribution in [0.3, 0.4) is 0 Å². The van der Waals surface area contributed by atoms with E-state index in [2.05, 4.69) is 65.1 Å². The molecule has 1 aromatic rings. The second-order valence-electron chi connectivity index (χ2n) is 11.1. The highest BCUT2D eigenvalue weighted by Gasteiger charge is 2.23. The van der Waals surface area contributed by atoms with Gasteiger partial charge < -0.3 is 26.0 Å². The summed E-state index contributed by atoms with van der Waals surface area (Å²) in [6.07, 6.45) is 2.81. The Morgan fingerprint density at radius 3 is 2.46 bits per heavy atom. The lowest BCUT2D eigenvalue weighted by atomic mass is 9.81. The zero-order valence-electron chi connectivity index (χ0n) is 22.6. The smallest absolute Gasteiger partial charge is 0.248 e. The molecule has 0 aromatic heterocycles. The molecule has 1 aromatic carbocycles. The van der Waals surface area contributed by atoms with Gasteiger partial charge in [-0.05, 0) is 66.5 Å². The summed E-state index contributed by atoms with van der Waals surface area (Å²) in [5, 5.41) is 22.8. The minimum Gasteiger partial charge on any atom is -0.491 e. The summed E-state index contributed by atoms with van der Waals surface area (Å²) in [6.45, 7) is 13.6. The zero-order chi connectivity index (χ0) is 26.6. The molecule has 202 valence electrons. The van der Waals surface area contributed by atoms with Gasteiger partial charge >= 0.3 is 0 Å². The summed E-state index contributed by atoms with van der Waals surface area (Å²) in [4.78, 5) is 12.0. The normalized spacial score (nSPS) is 15.5. The predicted molar refractivity (Wildman–Crippen MR) is 145 cm³/mol. The van der Waals surface area contributed by atoms with E-state index in [9.17, 15) is 15.0 Å². The molecule has 1 rings (SSSR count). The number of carbonyl (C=O) groups is 1. The van der Waals surface area contributed by atoms with Crippen molar-refractivity contribution in [2.24, 2.45) is 17.6 Å². The van der Waals surface area contributed by atoms with Crippen molar-refractivity contribution in [3.8, 4) is 5.75 Å². The lowest BCUT2D eigenvalue weighted by Crippen LogP contribution is -2.36. The molecule has 7 heteroatoms. The topological polar surface area (TPSA) is 105 Å². The number of hydrogen-bond donors (Lipinski definition) is 4. The third-order valence-electron chi connectivity index (χ3n) is 6.45. The van der Waals surface area contributed by atoms with Gasteiger partial charge in [-0.2, -0.15) is 0 Å². The molecule has 0 saturated carbocycles. The monoisotopic (exact) mass is 512 g/mol. The van der Waals surface area contributed by atoms with Gasteiger partial charge in [0.15, 0.2) is 0 Å². The van der Waals surface area contributed by atoms with Gasteiger partial charge in [0, 0.05) is 12.6 Å². The Balaban J connectivity index is 2.80. The first-order chi connectivity index (χ1) is 16.4. The van der Waals surface area contributed by atoms with Crippen molar-refractivity contribution >= 4 is 17.5 Å². The Hall–Kier alpha value is -1.34. The first-order valence-corrected chi connectivity index (χ1v) is 13.6. The van der Waals surface area contributed by atoms with Gasteiger partial charge in [0.2, 0.25) is 5.91 Å². The van der Waals surface area contributed by atoms with Crippen LogP contribution in [0.2, 0.25) is 0 Å². The number of aliphatic hydroxyl groups excluding tert-OH is 2. The van der Waals surface area contributed by atoms with Crippen LogP contribution in [-0.2, 0) is 16.6 Å². The molecule has 35 heavy (non-hydrogen) atoms. The van der Waals surface area contributed by atoms with E-state index in [0.29, 0.717) is 31.2 Å². The summed E-state index contributed by atoms with van der Waals surface area (Å²) in [6, 6.07) is 6.25. The van der Waals surface area contributed by atoms with E-state index in [0.717, 1.165) is 42.6 Å². The van der Waals surface area contributed by atoms with Crippen LogP contribution < -0.4 is 15.8 Å². The van der Waals surface area contributed by atoms with Crippen LogP contribution in [0.15, 0.2) is 18.2 Å². The number of halogens is 1. The number of nitrogens with two attached hydrogens (primary N) is 1. The van der Waals surface area contributed by atoms with Crippen LogP contribution in [0.1, 0.15) is 84.8 Å². The van der Waals surface area contributed by atoms with Crippen LogP contribution in [0.25, 0.3) is 0 Å². The van der Waals surface area contributed by atoms with Gasteiger partial charge in [0.1, 0.15) is 24.6 Å². The molecule has 1 amide bonds. The second-order valence-corrected chi connectivity index (χ2v) is 11.4. The van der Waals surface area contributed by atoms with Gasteiger partial charge in [-0.3, -0.25) is 4.79 Å². The SMILES string of the molecule is CCCCNC(=O)[C@@H](O)CC[C@H](N)C[C@H](Cc1ccc(C(C)(C)C)c(OCC(O)CCl)c1)C(C)C. The first-order valence-electron chi connectivity index (χ1n) is 13.1. The Morgan fingerprint density at radius 2 is 1.89 bits per heavy atom. The summed E-state index contributed by atoms with van der Waals surface area (Å²) >= 11 is 5.74. The molecule has 0 bridgehead atoms. The molecule has 0 fully saturated rings. The number of nitrogens with one attached hydrogen (secondary N) is 1. The largest absolute Gasteiger partial charge is 0.491 e. The molecule has 5 N–H and O–H groups in total. The zero-order valence-corrected chi connectivity index (χ0v) is 23.4. The number of carbonyl (C=O) groups excluding carboxylic acids is 1. The summed E-state index contributed by atoms with van der Waals surface area (Å²) in [5.74, 6) is 1.38. The molecular formula is C28H49ClN2O4. The van der Waals surface area contributed by atoms with E-state index in [1.54, 1.807) is 0 Å². The van der Waals surface area contributed by atoms with Gasteiger partial charge in [0.05, 0.1) is 5.88 Å². The third-order valence-corrected chi connectivity index (χ3v) is 6.81. The third kappa shape index (κ3) is 12.0. The maximum absolute atomic E-state index is 12.0. The number of rotatable bonds is 16. The minimum atomic E-state index is -1.01. The average Bonchev–Trinajstić information content (AvgIpc) is 2.79. The Kier molecular flexibility index (Phi) is 14.2. The van der Waals surface area contributed by atoms with Gasteiger partial charge in [-0.15, -0.1) is 11.6 Å². The number of aliphatic hydroxyl groups is 2. The lowest BCUT2D eigenvalue weighted by Gasteiger charge is -2.27. The molecule has 0 aliphatic rings. The number of benzene rings is 1. The quantitative estimate of drug-likeness (QED) is 0.192. The second kappa shape index (κ2) is 15.7. The maximum Gasteiger partial charge on any atom is 0.248 e. The lowest BCUT2D eigenvalue weighted by molar-refractivity contribution is -0.129. The van der Waals surface area contributed by atoms with E-state index in [1.165, 1.54) is 0 Å². The Labute approximate surface area is 218 Å². The number of unbranched alkanes of at least 4 members (excludes halogenated alkanes) is 1. The van der Waals surface area contributed by atoms with E-state index in [4.69, 9.17) is 22.1 Å². The molecule has 0 spiro atoms. The Morgan fingerprint density at radius 1 is 1.20 bits per heavy atom. The number of amides is 1. The van der Waals surface area contributed by atoms with E-state index < -0.39 is 12.2 Å². The minimum absolute atomic E-state index is 0.0936. The molecule has 0 aliphatic carbocycles. The highest BCUT2D eigenvalue weighted by atomic mass is 35.5. The predicted octanol–water partition coefficient (Wildman–Crippen LogP) is 4.55. The fraction of sp³-hybridized carbons (Fsp3) is 0.750. The molecular weight excluding hydrogens is 464 g/mol. The first kappa shape index (κ1) is 31.7. The van der Waals surface area contributed by atoms with Crippen molar-refractivity contribution < 1.29 is 19.7 Å². The molecule has 6 nitrogen and oxygen atoms in total. The Bertz CT molecular complexity index is 751. The fourth-order valence-corrected chi connectivity index (χ4v) is 4.16. The van der Waals surface area contributed by atoms with Crippen molar-refractivity contribution in [3.05, 3.63) is 29.3 Å². The van der Waals surface area contributed by atoms with Gasteiger partial charge in [-0.25, -0.2) is 0 Å². The molecule has 0 aliphatic heterocycles. The molecule has 0 radical (unpaired) electrons. The number of alkyl halides is 1. The van der Waals surface area contributed by atoms with Crippen molar-refractivity contribution in [1.82, 2.24) is 5.32 Å². The van der Waals surface area contributed by atoms with Crippen LogP contribution in [0.5, 0.6) is 5.75 Å². The van der Waals surface area contributed by atoms with Crippen molar-refractivity contribution in [1.29, 1.82) is 0 Å². The average molecular weight is 513 g/mol. The molecule has 0 saturated heterocycles. The van der Waals surface area contributed by atoms with Crippen molar-refractivity contribution in [2.45, 2.75) is 104 Å². The van der Waals surface area contributed by atoms with Crippen LogP contribution >= 0.6 is 11.6 Å². The number of hydrogen-bond acceptors (Lipinski definition) is 5. The highest BCUT2D eigenvalue weighted by Crippen LogP contribution is 2.34. The molecule has 0 heterocycles. The van der Waals surface area contributed by atoms with E-state index in [-0.39, 0.29) is 29.9 Å². The number of ether oxygens (including phenoxy) is 1. The van der Waals surface area contributed by atoms with Gasteiger partial charge in [0.25, 0.3) is 0 Å². The highest BCUT2D eigenvalue weighted by molar-refractivity contribution is 6.18. The van der Waals surface area contributed by atoms with Crippen LogP contribution in [0.4, 0.5) is 0 Å². The van der Waals surface area contributed by atoms with Crippen molar-refractivity contribution in [2.75, 3.05) is 19.0 Å². The van der Waals surface area contributed by atoms with Gasteiger partial charge in [-0.1, -0.05) is 60.1 Å². The maximum atomic E-state index is 12.0. The fourth-order valence-electron chi connectivity index (χ4n) is 4.07. The summed E-state index contributed by atoms with van der Waals surface area (Å²) in [7, 11) is 0. The standard InChI is InChI=1S/C28H49ClN2O4/c1-7-8-13-31-27(34)25(33)12-10-22(30)16-21(19(2)3)14-20-9-11-24(28(4,5)6)26(15-20)35-18-23(32)17-29/h9,11,15,19,21-23,25,32-33H,7-8,10,12-14,16-18,30H2,1-6H3,(H,31,34)/t21-,22-,23?,25-/m0/s1. The summed E-state index contributed by atoms with van der Waals surface area (Å²) in [5.41, 5.74) is 8.59. The van der Waals surface area contributed by atoms with E-state index >= 15 is 0 Å². The van der Waals surface area contributed by atoms with E-state index in [1.807, 2.05) is 0 Å². The molecule has 1 unspecified atom stereocenters.